The normalized spacial score (nSPS) is 10.2. The van der Waals surface area contributed by atoms with E-state index in [0.717, 1.165) is 38.5 Å². The molecule has 0 bridgehead atoms. The second-order valence-corrected chi connectivity index (χ2v) is 7.06. The van der Waals surface area contributed by atoms with E-state index in [4.69, 9.17) is 0 Å². The summed E-state index contributed by atoms with van der Waals surface area (Å²) in [5, 5.41) is 3.27. The first kappa shape index (κ1) is 22.4. The maximum absolute atomic E-state index is 4.63. The largest absolute Gasteiger partial charge is 0.305 e. The van der Waals surface area contributed by atoms with Gasteiger partial charge in [0.05, 0.1) is 11.3 Å². The van der Waals surface area contributed by atoms with E-state index in [0.29, 0.717) is 5.82 Å². The molecular weight excluding hydrogens is 585 g/mol. The minimum atomic E-state index is 0. The standard InChI is InChI=1S/C17H10N3.C11H8N.Ir/c1-2-4-12(5-3-1)17-19-11-15-14-8-9-18-10-13(14)6-7-16(15)20-17;1-2-6-10(7-3-1)11-8-4-5-9-12-11;/h1-4,6-11H;1-6,8-9H;/q2*-1;. The summed E-state index contributed by atoms with van der Waals surface area (Å²) >= 11 is 0. The van der Waals surface area contributed by atoms with Crippen molar-refractivity contribution in [2.45, 2.75) is 0 Å². The van der Waals surface area contributed by atoms with Gasteiger partial charge in [-0.15, -0.1) is 71.8 Å². The third kappa shape index (κ3) is 5.17. The zero-order valence-corrected chi connectivity index (χ0v) is 19.9. The molecule has 4 nitrogen and oxygen atoms in total. The zero-order valence-electron chi connectivity index (χ0n) is 17.5. The van der Waals surface area contributed by atoms with Crippen LogP contribution in [0.15, 0.2) is 110 Å². The monoisotopic (exact) mass is 603 g/mol. The molecule has 0 aliphatic heterocycles. The van der Waals surface area contributed by atoms with E-state index in [1.165, 1.54) is 0 Å². The second kappa shape index (κ2) is 10.7. The Hall–Kier alpha value is -3.79. The molecule has 0 atom stereocenters. The third-order valence-electron chi connectivity index (χ3n) is 4.98. The molecule has 33 heavy (non-hydrogen) atoms. The van der Waals surface area contributed by atoms with E-state index in [1.54, 1.807) is 12.4 Å². The molecule has 5 heteroatoms. The Morgan fingerprint density at radius 3 is 2.12 bits per heavy atom. The Balaban J connectivity index is 0.000000172. The molecule has 6 aromatic rings. The molecule has 0 spiro atoms. The minimum Gasteiger partial charge on any atom is -0.305 e. The summed E-state index contributed by atoms with van der Waals surface area (Å²) in [5.74, 6) is 0.700. The molecule has 6 rings (SSSR count). The van der Waals surface area contributed by atoms with Crippen molar-refractivity contribution in [3.63, 3.8) is 0 Å². The summed E-state index contributed by atoms with van der Waals surface area (Å²) < 4.78 is 0. The van der Waals surface area contributed by atoms with Gasteiger partial charge in [-0.2, -0.15) is 0 Å². The Morgan fingerprint density at radius 1 is 0.606 bits per heavy atom. The maximum atomic E-state index is 4.63. The predicted octanol–water partition coefficient (Wildman–Crippen LogP) is 6.19. The summed E-state index contributed by atoms with van der Waals surface area (Å²) in [5.41, 5.74) is 3.85. The maximum Gasteiger partial charge on any atom is 0.0755 e. The number of rotatable bonds is 2. The number of pyridine rings is 2. The van der Waals surface area contributed by atoms with Crippen molar-refractivity contribution >= 4 is 21.7 Å². The van der Waals surface area contributed by atoms with Crippen LogP contribution >= 0.6 is 0 Å². The molecule has 3 aromatic heterocycles. The first-order chi connectivity index (χ1) is 15.9. The molecule has 161 valence electrons. The summed E-state index contributed by atoms with van der Waals surface area (Å²) in [4.78, 5) is 17.5. The van der Waals surface area contributed by atoms with E-state index in [2.05, 4.69) is 32.1 Å². The Morgan fingerprint density at radius 2 is 1.39 bits per heavy atom. The molecule has 0 aliphatic rings. The summed E-state index contributed by atoms with van der Waals surface area (Å²) in [6.45, 7) is 0. The average Bonchev–Trinajstić information content (AvgIpc) is 2.90. The van der Waals surface area contributed by atoms with Gasteiger partial charge in [0.1, 0.15) is 0 Å². The van der Waals surface area contributed by atoms with Crippen LogP contribution in [0.5, 0.6) is 0 Å². The van der Waals surface area contributed by atoms with Gasteiger partial charge in [-0.05, 0) is 29.3 Å². The number of hydrogen-bond donors (Lipinski definition) is 0. The molecule has 3 heterocycles. The molecule has 0 amide bonds. The molecule has 0 fully saturated rings. The Labute approximate surface area is 205 Å². The molecule has 0 aliphatic carbocycles. The zero-order chi connectivity index (χ0) is 21.6. The summed E-state index contributed by atoms with van der Waals surface area (Å²) in [6.07, 6.45) is 7.31. The van der Waals surface area contributed by atoms with Gasteiger partial charge >= 0.3 is 0 Å². The smallest absolute Gasteiger partial charge is 0.0755 e. The number of nitrogens with zero attached hydrogens (tertiary/aromatic N) is 4. The number of benzene rings is 3. The van der Waals surface area contributed by atoms with E-state index >= 15 is 0 Å². The Kier molecular flexibility index (Phi) is 7.25. The van der Waals surface area contributed by atoms with Crippen molar-refractivity contribution in [2.75, 3.05) is 0 Å². The van der Waals surface area contributed by atoms with Crippen LogP contribution in [0.25, 0.3) is 44.3 Å². The van der Waals surface area contributed by atoms with E-state index < -0.39 is 0 Å². The minimum absolute atomic E-state index is 0. The summed E-state index contributed by atoms with van der Waals surface area (Å²) in [7, 11) is 0. The van der Waals surface area contributed by atoms with Crippen LogP contribution in [0.3, 0.4) is 0 Å². The fourth-order valence-electron chi connectivity index (χ4n) is 3.42. The van der Waals surface area contributed by atoms with Crippen molar-refractivity contribution in [1.82, 2.24) is 19.9 Å². The van der Waals surface area contributed by atoms with Crippen molar-refractivity contribution in [3.8, 4) is 22.6 Å². The number of hydrogen-bond acceptors (Lipinski definition) is 4. The van der Waals surface area contributed by atoms with Crippen molar-refractivity contribution in [1.29, 1.82) is 0 Å². The van der Waals surface area contributed by atoms with Gasteiger partial charge in [-0.3, -0.25) is 15.0 Å². The van der Waals surface area contributed by atoms with Crippen LogP contribution in [0.1, 0.15) is 0 Å². The van der Waals surface area contributed by atoms with Crippen LogP contribution < -0.4 is 0 Å². The predicted molar refractivity (Wildman–Crippen MR) is 128 cm³/mol. The van der Waals surface area contributed by atoms with Crippen molar-refractivity contribution in [3.05, 3.63) is 122 Å². The first-order valence-corrected chi connectivity index (χ1v) is 10.2. The fourth-order valence-corrected chi connectivity index (χ4v) is 3.42. The van der Waals surface area contributed by atoms with Crippen LogP contribution in [-0.2, 0) is 20.1 Å². The van der Waals surface area contributed by atoms with Gasteiger partial charge in [0.15, 0.2) is 0 Å². The van der Waals surface area contributed by atoms with E-state index in [-0.39, 0.29) is 20.1 Å². The molecule has 1 radical (unpaired) electrons. The van der Waals surface area contributed by atoms with Crippen molar-refractivity contribution in [2.24, 2.45) is 0 Å². The molecule has 0 saturated carbocycles. The SMILES string of the molecule is [Ir].[c-]1ccccc1-c1ccccn1.[c-]1ccccc1-c1ncc2c(ccc3cnccc32)n1. The quantitative estimate of drug-likeness (QED) is 0.175. The molecule has 0 saturated heterocycles. The molecule has 0 unspecified atom stereocenters. The van der Waals surface area contributed by atoms with Gasteiger partial charge in [-0.25, -0.2) is 0 Å². The average molecular weight is 603 g/mol. The van der Waals surface area contributed by atoms with Gasteiger partial charge in [0.25, 0.3) is 0 Å². The van der Waals surface area contributed by atoms with Crippen LogP contribution in [-0.4, -0.2) is 19.9 Å². The van der Waals surface area contributed by atoms with Crippen LogP contribution in [0, 0.1) is 12.1 Å². The van der Waals surface area contributed by atoms with Crippen LogP contribution in [0.4, 0.5) is 0 Å². The van der Waals surface area contributed by atoms with Crippen molar-refractivity contribution < 1.29 is 20.1 Å². The van der Waals surface area contributed by atoms with E-state index in [1.807, 2.05) is 97.3 Å². The third-order valence-corrected chi connectivity index (χ3v) is 4.98. The second-order valence-electron chi connectivity index (χ2n) is 7.06. The Bertz CT molecular complexity index is 1420. The topological polar surface area (TPSA) is 51.6 Å². The van der Waals surface area contributed by atoms with Crippen LogP contribution in [0.2, 0.25) is 0 Å². The fraction of sp³-hybridized carbons (Fsp3) is 0. The first-order valence-electron chi connectivity index (χ1n) is 10.2. The molecular formula is C28H18IrN4-2. The van der Waals surface area contributed by atoms with Gasteiger partial charge in [0, 0.05) is 55.7 Å². The molecule has 0 N–H and O–H groups in total. The molecule has 3 aromatic carbocycles. The summed E-state index contributed by atoms with van der Waals surface area (Å²) in [6, 6.07) is 33.7. The number of aromatic nitrogens is 4. The van der Waals surface area contributed by atoms with E-state index in [9.17, 15) is 0 Å². The number of fused-ring (bicyclic) bond motifs is 3. The van der Waals surface area contributed by atoms with Gasteiger partial charge in [-0.1, -0.05) is 18.2 Å². The van der Waals surface area contributed by atoms with Gasteiger partial charge < -0.3 is 4.98 Å². The van der Waals surface area contributed by atoms with Gasteiger partial charge in [0.2, 0.25) is 0 Å².